The Labute approximate surface area is 116 Å². The van der Waals surface area contributed by atoms with Crippen LogP contribution in [0.4, 0.5) is 15.8 Å². The van der Waals surface area contributed by atoms with Crippen molar-refractivity contribution in [1.82, 2.24) is 0 Å². The lowest BCUT2D eigenvalue weighted by Gasteiger charge is -2.25. The Morgan fingerprint density at radius 2 is 2.10 bits per heavy atom. The summed E-state index contributed by atoms with van der Waals surface area (Å²) in [4.78, 5) is 22.6. The fourth-order valence-corrected chi connectivity index (χ4v) is 1.95. The maximum atomic E-state index is 14.0. The minimum absolute atomic E-state index is 0.0733. The Kier molecular flexibility index (Phi) is 5.01. The lowest BCUT2D eigenvalue weighted by molar-refractivity contribution is -0.385. The van der Waals surface area contributed by atoms with Crippen LogP contribution in [0.1, 0.15) is 31.1 Å². The summed E-state index contributed by atoms with van der Waals surface area (Å²) in [5.74, 6) is -1.99. The van der Waals surface area contributed by atoms with E-state index in [1.807, 2.05) is 20.8 Å². The molecule has 0 spiro atoms. The summed E-state index contributed by atoms with van der Waals surface area (Å²) in [5, 5.41) is 19.8. The van der Waals surface area contributed by atoms with E-state index in [2.05, 4.69) is 0 Å². The van der Waals surface area contributed by atoms with Crippen LogP contribution in [0.3, 0.4) is 0 Å². The minimum atomic E-state index is -1.45. The molecule has 20 heavy (non-hydrogen) atoms. The third-order valence-electron chi connectivity index (χ3n) is 2.80. The highest BCUT2D eigenvalue weighted by Crippen LogP contribution is 2.29. The van der Waals surface area contributed by atoms with Gasteiger partial charge >= 0.3 is 5.97 Å². The van der Waals surface area contributed by atoms with Crippen LogP contribution in [-0.4, -0.2) is 29.1 Å². The van der Waals surface area contributed by atoms with E-state index in [0.717, 1.165) is 6.07 Å². The molecule has 0 aliphatic heterocycles. The topological polar surface area (TPSA) is 83.7 Å². The fraction of sp³-hybridized carbons (Fsp3) is 0.462. The molecule has 0 aliphatic rings. The number of carboxylic acid groups (broad SMARTS) is 1. The predicted octanol–water partition coefficient (Wildman–Crippen LogP) is 2.91. The van der Waals surface area contributed by atoms with Crippen molar-refractivity contribution in [2.45, 2.75) is 20.8 Å². The minimum Gasteiger partial charge on any atom is -0.477 e. The number of carbonyl (C=O) groups is 1. The van der Waals surface area contributed by atoms with Gasteiger partial charge in [-0.05, 0) is 18.9 Å². The van der Waals surface area contributed by atoms with Gasteiger partial charge in [-0.1, -0.05) is 13.8 Å². The second kappa shape index (κ2) is 6.31. The molecule has 110 valence electrons. The van der Waals surface area contributed by atoms with Crippen molar-refractivity contribution >= 4 is 17.3 Å². The van der Waals surface area contributed by atoms with Gasteiger partial charge in [0.05, 0.1) is 16.7 Å². The lowest BCUT2D eigenvalue weighted by Crippen LogP contribution is -2.28. The summed E-state index contributed by atoms with van der Waals surface area (Å²) in [7, 11) is 0. The van der Waals surface area contributed by atoms with E-state index >= 15 is 0 Å². The van der Waals surface area contributed by atoms with Crippen molar-refractivity contribution in [1.29, 1.82) is 0 Å². The predicted molar refractivity (Wildman–Crippen MR) is 72.7 cm³/mol. The number of halogens is 1. The van der Waals surface area contributed by atoms with Crippen LogP contribution < -0.4 is 4.90 Å². The standard InChI is InChI=1S/C13H17FN2O4/c1-4-15(7-8(2)3)12-5-9(13(17)18)11(16(19)20)6-10(12)14/h5-6,8H,4,7H2,1-3H3,(H,17,18). The Bertz CT molecular complexity index is 531. The van der Waals surface area contributed by atoms with Gasteiger partial charge in [-0.3, -0.25) is 10.1 Å². The summed E-state index contributed by atoms with van der Waals surface area (Å²) in [6.45, 7) is 6.72. The number of rotatable bonds is 6. The molecule has 7 heteroatoms. The van der Waals surface area contributed by atoms with Crippen LogP contribution >= 0.6 is 0 Å². The first kappa shape index (κ1) is 15.9. The van der Waals surface area contributed by atoms with E-state index in [4.69, 9.17) is 5.11 Å². The van der Waals surface area contributed by atoms with Crippen LogP contribution in [0.5, 0.6) is 0 Å². The molecule has 0 saturated heterocycles. The highest BCUT2D eigenvalue weighted by Gasteiger charge is 2.25. The van der Waals surface area contributed by atoms with Gasteiger partial charge in [0.25, 0.3) is 5.69 Å². The smallest absolute Gasteiger partial charge is 0.342 e. The van der Waals surface area contributed by atoms with Crippen molar-refractivity contribution in [2.75, 3.05) is 18.0 Å². The monoisotopic (exact) mass is 284 g/mol. The van der Waals surface area contributed by atoms with Crippen molar-refractivity contribution in [2.24, 2.45) is 5.92 Å². The highest BCUT2D eigenvalue weighted by atomic mass is 19.1. The quantitative estimate of drug-likeness (QED) is 0.641. The number of aromatic carboxylic acids is 1. The Morgan fingerprint density at radius 1 is 1.50 bits per heavy atom. The van der Waals surface area contributed by atoms with Gasteiger partial charge < -0.3 is 10.0 Å². The van der Waals surface area contributed by atoms with Gasteiger partial charge in [0, 0.05) is 13.1 Å². The maximum Gasteiger partial charge on any atom is 0.342 e. The first-order chi connectivity index (χ1) is 9.27. The van der Waals surface area contributed by atoms with Crippen LogP contribution in [-0.2, 0) is 0 Å². The second-order valence-electron chi connectivity index (χ2n) is 4.82. The molecular weight excluding hydrogens is 267 g/mol. The van der Waals surface area contributed by atoms with Gasteiger partial charge in [0.1, 0.15) is 5.56 Å². The summed E-state index contributed by atoms with van der Waals surface area (Å²) >= 11 is 0. The van der Waals surface area contributed by atoms with E-state index in [-0.39, 0.29) is 11.6 Å². The molecule has 1 aromatic carbocycles. The zero-order valence-corrected chi connectivity index (χ0v) is 11.6. The Morgan fingerprint density at radius 3 is 2.50 bits per heavy atom. The van der Waals surface area contributed by atoms with E-state index in [1.165, 1.54) is 0 Å². The molecule has 0 aromatic heterocycles. The molecule has 0 heterocycles. The van der Waals surface area contributed by atoms with Crippen LogP contribution in [0, 0.1) is 21.8 Å². The van der Waals surface area contributed by atoms with Gasteiger partial charge in [0.2, 0.25) is 0 Å². The third kappa shape index (κ3) is 3.43. The average Bonchev–Trinajstić information content (AvgIpc) is 2.35. The molecule has 0 aliphatic carbocycles. The van der Waals surface area contributed by atoms with Crippen molar-refractivity contribution in [3.05, 3.63) is 33.6 Å². The molecule has 0 fully saturated rings. The summed E-state index contributed by atoms with van der Waals surface area (Å²) in [6.07, 6.45) is 0. The largest absolute Gasteiger partial charge is 0.477 e. The molecule has 1 aromatic rings. The van der Waals surface area contributed by atoms with Gasteiger partial charge in [-0.15, -0.1) is 0 Å². The molecule has 0 unspecified atom stereocenters. The van der Waals surface area contributed by atoms with Crippen LogP contribution in [0.25, 0.3) is 0 Å². The first-order valence-corrected chi connectivity index (χ1v) is 6.24. The SMILES string of the molecule is CCN(CC(C)C)c1cc(C(=O)O)c([N+](=O)[O-])cc1F. The molecule has 1 rings (SSSR count). The Balaban J connectivity index is 3.37. The average molecular weight is 284 g/mol. The molecule has 6 nitrogen and oxygen atoms in total. The number of benzene rings is 1. The highest BCUT2D eigenvalue weighted by molar-refractivity contribution is 5.93. The first-order valence-electron chi connectivity index (χ1n) is 6.24. The van der Waals surface area contributed by atoms with E-state index in [9.17, 15) is 19.3 Å². The van der Waals surface area contributed by atoms with Crippen LogP contribution in [0.15, 0.2) is 12.1 Å². The number of nitrogens with zero attached hydrogens (tertiary/aromatic N) is 2. The molecule has 1 N–H and O–H groups in total. The van der Waals surface area contributed by atoms with E-state index in [1.54, 1.807) is 4.90 Å². The number of hydrogen-bond acceptors (Lipinski definition) is 4. The maximum absolute atomic E-state index is 14.0. The number of hydrogen-bond donors (Lipinski definition) is 1. The number of nitro groups is 1. The molecule has 0 saturated carbocycles. The van der Waals surface area contributed by atoms with Crippen molar-refractivity contribution in [3.63, 3.8) is 0 Å². The normalized spacial score (nSPS) is 10.7. The third-order valence-corrected chi connectivity index (χ3v) is 2.80. The molecule has 0 atom stereocenters. The van der Waals surface area contributed by atoms with Crippen molar-refractivity contribution < 1.29 is 19.2 Å². The van der Waals surface area contributed by atoms with Gasteiger partial charge in [-0.25, -0.2) is 9.18 Å². The molecule has 0 radical (unpaired) electrons. The number of nitro benzene ring substituents is 1. The van der Waals surface area contributed by atoms with Gasteiger partial charge in [0.15, 0.2) is 5.82 Å². The fourth-order valence-electron chi connectivity index (χ4n) is 1.95. The van der Waals surface area contributed by atoms with E-state index < -0.39 is 28.0 Å². The second-order valence-corrected chi connectivity index (χ2v) is 4.82. The molecular formula is C13H17FN2O4. The number of carboxylic acids is 1. The van der Waals surface area contributed by atoms with Crippen molar-refractivity contribution in [3.8, 4) is 0 Å². The zero-order valence-electron chi connectivity index (χ0n) is 11.6. The van der Waals surface area contributed by atoms with Gasteiger partial charge in [-0.2, -0.15) is 0 Å². The summed E-state index contributed by atoms with van der Waals surface area (Å²) in [5.41, 5.74) is -1.17. The Hall–Kier alpha value is -2.18. The summed E-state index contributed by atoms with van der Waals surface area (Å²) < 4.78 is 14.0. The lowest BCUT2D eigenvalue weighted by atomic mass is 10.1. The van der Waals surface area contributed by atoms with Crippen LogP contribution in [0.2, 0.25) is 0 Å². The van der Waals surface area contributed by atoms with E-state index in [0.29, 0.717) is 19.2 Å². The molecule has 0 amide bonds. The zero-order chi connectivity index (χ0) is 15.4. The molecule has 0 bridgehead atoms. The number of anilines is 1. The summed E-state index contributed by atoms with van der Waals surface area (Å²) in [6, 6.07) is 1.70.